The van der Waals surface area contributed by atoms with Gasteiger partial charge in [-0.15, -0.1) is 0 Å². The fraction of sp³-hybridized carbons (Fsp3) is 0.423. The Kier molecular flexibility index (Phi) is 6.34. The van der Waals surface area contributed by atoms with Crippen molar-refractivity contribution in [1.29, 1.82) is 0 Å². The minimum absolute atomic E-state index is 0.0216. The van der Waals surface area contributed by atoms with E-state index in [1.54, 1.807) is 30.5 Å². The lowest BCUT2D eigenvalue weighted by Gasteiger charge is -2.32. The van der Waals surface area contributed by atoms with Crippen molar-refractivity contribution in [2.24, 2.45) is 0 Å². The van der Waals surface area contributed by atoms with Gasteiger partial charge in [-0.3, -0.25) is 9.59 Å². The van der Waals surface area contributed by atoms with Crippen molar-refractivity contribution in [3.63, 3.8) is 0 Å². The number of carbonyl (C=O) groups excluding carboxylic acids is 1. The van der Waals surface area contributed by atoms with Gasteiger partial charge in [-0.25, -0.2) is 4.98 Å². The molecule has 5 rings (SSSR count). The quantitative estimate of drug-likeness (QED) is 0.559. The number of hydrogen-bond acceptors (Lipinski definition) is 6. The SMILES string of the molecule is CCn1cc(C(=O)N2CCO[C@@H](COC)C2)c(=O)c2cc(OC3Cc4ccccc4C3)ncc21. The normalized spacial score (nSPS) is 18.3. The summed E-state index contributed by atoms with van der Waals surface area (Å²) in [6.45, 7) is 4.23. The van der Waals surface area contributed by atoms with Crippen molar-refractivity contribution in [3.8, 4) is 5.88 Å². The number of rotatable bonds is 6. The molecule has 0 bridgehead atoms. The van der Waals surface area contributed by atoms with E-state index in [1.807, 2.05) is 23.6 Å². The molecule has 0 unspecified atom stereocenters. The van der Waals surface area contributed by atoms with Crippen molar-refractivity contribution < 1.29 is 19.0 Å². The zero-order valence-corrected chi connectivity index (χ0v) is 19.5. The highest BCUT2D eigenvalue weighted by Crippen LogP contribution is 2.26. The highest BCUT2D eigenvalue weighted by atomic mass is 16.5. The van der Waals surface area contributed by atoms with E-state index in [0.717, 1.165) is 12.8 Å². The van der Waals surface area contributed by atoms with Crippen LogP contribution in [0.2, 0.25) is 0 Å². The monoisotopic (exact) mass is 463 g/mol. The molecule has 1 aliphatic heterocycles. The van der Waals surface area contributed by atoms with Crippen LogP contribution in [-0.2, 0) is 28.9 Å². The summed E-state index contributed by atoms with van der Waals surface area (Å²) in [7, 11) is 1.60. The van der Waals surface area contributed by atoms with Gasteiger partial charge in [0.1, 0.15) is 11.7 Å². The van der Waals surface area contributed by atoms with Crippen LogP contribution in [0, 0.1) is 0 Å². The summed E-state index contributed by atoms with van der Waals surface area (Å²) < 4.78 is 18.9. The Morgan fingerprint density at radius 3 is 2.71 bits per heavy atom. The minimum Gasteiger partial charge on any atom is -0.474 e. The van der Waals surface area contributed by atoms with E-state index in [4.69, 9.17) is 14.2 Å². The van der Waals surface area contributed by atoms with E-state index in [0.29, 0.717) is 49.6 Å². The molecule has 3 aromatic rings. The van der Waals surface area contributed by atoms with Crippen LogP contribution in [0.4, 0.5) is 0 Å². The van der Waals surface area contributed by atoms with Gasteiger partial charge >= 0.3 is 0 Å². The Labute approximate surface area is 198 Å². The third-order valence-corrected chi connectivity index (χ3v) is 6.59. The molecule has 1 aliphatic carbocycles. The summed E-state index contributed by atoms with van der Waals surface area (Å²) in [5.74, 6) is 0.116. The lowest BCUT2D eigenvalue weighted by atomic mass is 10.1. The van der Waals surface area contributed by atoms with Gasteiger partial charge in [0, 0.05) is 51.8 Å². The fourth-order valence-corrected chi connectivity index (χ4v) is 4.88. The van der Waals surface area contributed by atoms with E-state index < -0.39 is 0 Å². The molecule has 1 saturated heterocycles. The van der Waals surface area contributed by atoms with Crippen LogP contribution < -0.4 is 10.2 Å². The van der Waals surface area contributed by atoms with Crippen molar-refractivity contribution in [2.75, 3.05) is 33.4 Å². The maximum atomic E-state index is 13.5. The van der Waals surface area contributed by atoms with Crippen LogP contribution in [-0.4, -0.2) is 66.0 Å². The number of amides is 1. The number of fused-ring (bicyclic) bond motifs is 2. The molecular weight excluding hydrogens is 434 g/mol. The molecule has 0 saturated carbocycles. The highest BCUT2D eigenvalue weighted by Gasteiger charge is 2.28. The van der Waals surface area contributed by atoms with Gasteiger partial charge < -0.3 is 23.7 Å². The van der Waals surface area contributed by atoms with Crippen LogP contribution in [0.15, 0.2) is 47.5 Å². The molecular formula is C26H29N3O5. The molecule has 0 N–H and O–H groups in total. The van der Waals surface area contributed by atoms with Gasteiger partial charge in [0.05, 0.1) is 36.4 Å². The Morgan fingerprint density at radius 2 is 2.00 bits per heavy atom. The molecule has 0 spiro atoms. The van der Waals surface area contributed by atoms with Crippen LogP contribution in [0.3, 0.4) is 0 Å². The van der Waals surface area contributed by atoms with E-state index in [9.17, 15) is 9.59 Å². The van der Waals surface area contributed by atoms with Crippen LogP contribution in [0.1, 0.15) is 28.4 Å². The second-order valence-corrected chi connectivity index (χ2v) is 8.81. The van der Waals surface area contributed by atoms with Crippen molar-refractivity contribution in [2.45, 2.75) is 38.5 Å². The van der Waals surface area contributed by atoms with E-state index in [1.165, 1.54) is 11.1 Å². The predicted octanol–water partition coefficient (Wildman–Crippen LogP) is 2.45. The molecule has 2 aromatic heterocycles. The predicted molar refractivity (Wildman–Crippen MR) is 127 cm³/mol. The van der Waals surface area contributed by atoms with Gasteiger partial charge in [-0.1, -0.05) is 24.3 Å². The summed E-state index contributed by atoms with van der Waals surface area (Å²) >= 11 is 0. The number of benzene rings is 1. The number of methoxy groups -OCH3 is 1. The first-order valence-electron chi connectivity index (χ1n) is 11.7. The topological polar surface area (TPSA) is 82.9 Å². The second-order valence-electron chi connectivity index (χ2n) is 8.81. The zero-order chi connectivity index (χ0) is 23.7. The Hall–Kier alpha value is -3.23. The maximum absolute atomic E-state index is 13.5. The molecule has 3 heterocycles. The zero-order valence-electron chi connectivity index (χ0n) is 19.5. The summed E-state index contributed by atoms with van der Waals surface area (Å²) in [5.41, 5.74) is 3.10. The van der Waals surface area contributed by atoms with Crippen molar-refractivity contribution in [3.05, 3.63) is 69.6 Å². The van der Waals surface area contributed by atoms with Crippen LogP contribution >= 0.6 is 0 Å². The smallest absolute Gasteiger partial charge is 0.259 e. The molecule has 1 atom stereocenters. The lowest BCUT2D eigenvalue weighted by Crippen LogP contribution is -2.48. The first-order valence-corrected chi connectivity index (χ1v) is 11.7. The maximum Gasteiger partial charge on any atom is 0.259 e. The minimum atomic E-state index is -0.304. The molecule has 8 nitrogen and oxygen atoms in total. The first kappa shape index (κ1) is 22.6. The van der Waals surface area contributed by atoms with Gasteiger partial charge in [0.25, 0.3) is 5.91 Å². The number of morpholine rings is 1. The molecule has 1 fully saturated rings. The molecule has 1 amide bonds. The highest BCUT2D eigenvalue weighted by molar-refractivity contribution is 5.97. The van der Waals surface area contributed by atoms with E-state index >= 15 is 0 Å². The summed E-state index contributed by atoms with van der Waals surface area (Å²) in [4.78, 5) is 32.9. The fourth-order valence-electron chi connectivity index (χ4n) is 4.88. The van der Waals surface area contributed by atoms with Crippen LogP contribution in [0.5, 0.6) is 5.88 Å². The first-order chi connectivity index (χ1) is 16.6. The molecule has 2 aliphatic rings. The summed E-state index contributed by atoms with van der Waals surface area (Å²) in [5, 5.41) is 0.440. The third kappa shape index (κ3) is 4.31. The Balaban J connectivity index is 1.44. The molecule has 34 heavy (non-hydrogen) atoms. The third-order valence-electron chi connectivity index (χ3n) is 6.59. The van der Waals surface area contributed by atoms with Gasteiger partial charge in [0.15, 0.2) is 0 Å². The number of aryl methyl sites for hydroxylation is 1. The number of carbonyl (C=O) groups is 1. The average molecular weight is 464 g/mol. The largest absolute Gasteiger partial charge is 0.474 e. The Morgan fingerprint density at radius 1 is 1.24 bits per heavy atom. The van der Waals surface area contributed by atoms with Crippen LogP contribution in [0.25, 0.3) is 10.9 Å². The number of aromatic nitrogens is 2. The summed E-state index contributed by atoms with van der Waals surface area (Å²) in [6.07, 6.45) is 4.71. The standard InChI is InChI=1S/C26H29N3O5/c1-3-28-15-22(26(31)29-8-9-33-20(14-29)16-32-2)25(30)21-12-24(27-13-23(21)28)34-19-10-17-6-4-5-7-18(17)11-19/h4-7,12-13,15,19-20H,3,8-11,14,16H2,1-2H3/t20-/m1/s1. The van der Waals surface area contributed by atoms with E-state index in [-0.39, 0.29) is 29.1 Å². The van der Waals surface area contributed by atoms with Gasteiger partial charge in [-0.05, 0) is 18.1 Å². The molecule has 0 radical (unpaired) electrons. The van der Waals surface area contributed by atoms with Crippen molar-refractivity contribution in [1.82, 2.24) is 14.5 Å². The Bertz CT molecular complexity index is 1240. The number of nitrogens with zero attached hydrogens (tertiary/aromatic N) is 3. The van der Waals surface area contributed by atoms with E-state index in [2.05, 4.69) is 17.1 Å². The number of ether oxygens (including phenoxy) is 3. The molecule has 8 heteroatoms. The average Bonchev–Trinajstić information content (AvgIpc) is 3.27. The van der Waals surface area contributed by atoms with Crippen molar-refractivity contribution >= 4 is 16.8 Å². The lowest BCUT2D eigenvalue weighted by molar-refractivity contribution is -0.0531. The molecule has 1 aromatic carbocycles. The van der Waals surface area contributed by atoms with Gasteiger partial charge in [0.2, 0.25) is 11.3 Å². The number of hydrogen-bond donors (Lipinski definition) is 0. The second kappa shape index (κ2) is 9.56. The number of pyridine rings is 2. The van der Waals surface area contributed by atoms with Gasteiger partial charge in [-0.2, -0.15) is 0 Å². The molecule has 178 valence electrons. The summed E-state index contributed by atoms with van der Waals surface area (Å²) in [6, 6.07) is 9.98.